The van der Waals surface area contributed by atoms with Crippen molar-refractivity contribution in [3.05, 3.63) is 98.4 Å². The third-order valence-corrected chi connectivity index (χ3v) is 7.40. The summed E-state index contributed by atoms with van der Waals surface area (Å²) in [6.45, 7) is 1.99. The Bertz CT molecular complexity index is 1530. The number of hydrogen-bond donors (Lipinski definition) is 1. The van der Waals surface area contributed by atoms with Gasteiger partial charge in [-0.2, -0.15) is 0 Å². The lowest BCUT2D eigenvalue weighted by Gasteiger charge is -2.26. The highest BCUT2D eigenvalue weighted by Crippen LogP contribution is 2.49. The number of fused-ring (bicyclic) bond motifs is 1. The molecule has 6 nitrogen and oxygen atoms in total. The summed E-state index contributed by atoms with van der Waals surface area (Å²) in [6.07, 6.45) is 0.607. The van der Waals surface area contributed by atoms with Crippen LogP contribution in [0.1, 0.15) is 35.2 Å². The summed E-state index contributed by atoms with van der Waals surface area (Å²) in [5.41, 5.74) is 2.78. The molecular formula is C29H21BrCl2N2O4. The van der Waals surface area contributed by atoms with Gasteiger partial charge in [0.2, 0.25) is 0 Å². The van der Waals surface area contributed by atoms with Crippen LogP contribution in [0.4, 0.5) is 5.82 Å². The van der Waals surface area contributed by atoms with Crippen LogP contribution in [0.2, 0.25) is 10.0 Å². The van der Waals surface area contributed by atoms with Crippen molar-refractivity contribution < 1.29 is 19.1 Å². The minimum Gasteiger partial charge on any atom is -0.492 e. The summed E-state index contributed by atoms with van der Waals surface area (Å²) in [4.78, 5) is 29.4. The number of rotatable bonds is 6. The van der Waals surface area contributed by atoms with Crippen LogP contribution in [0.3, 0.4) is 0 Å². The van der Waals surface area contributed by atoms with E-state index in [2.05, 4.69) is 26.2 Å². The molecule has 0 spiro atoms. The first-order chi connectivity index (χ1) is 18.3. The van der Waals surface area contributed by atoms with E-state index in [0.717, 1.165) is 11.1 Å². The molecule has 0 aliphatic carbocycles. The molecule has 1 aliphatic heterocycles. The third-order valence-electron chi connectivity index (χ3n) is 6.15. The van der Waals surface area contributed by atoms with Crippen molar-refractivity contribution >= 4 is 56.6 Å². The Morgan fingerprint density at radius 1 is 1.05 bits per heavy atom. The Balaban J connectivity index is 1.31. The first-order valence-electron chi connectivity index (χ1n) is 11.8. The van der Waals surface area contributed by atoms with E-state index in [0.29, 0.717) is 61.9 Å². The number of Topliss-reactive ketones (excluding diaryl/α,β-unsaturated/α-hetero) is 1. The fraction of sp³-hybridized carbons (Fsp3) is 0.138. The van der Waals surface area contributed by atoms with Crippen molar-refractivity contribution in [1.29, 1.82) is 0 Å². The minimum atomic E-state index is -0.311. The fourth-order valence-corrected chi connectivity index (χ4v) is 5.35. The van der Waals surface area contributed by atoms with E-state index in [1.54, 1.807) is 55.5 Å². The van der Waals surface area contributed by atoms with Crippen molar-refractivity contribution in [2.45, 2.75) is 19.3 Å². The lowest BCUT2D eigenvalue weighted by atomic mass is 9.90. The maximum atomic E-state index is 12.8. The number of carbonyl (C=O) groups excluding carboxylic acids is 2. The van der Waals surface area contributed by atoms with Crippen molar-refractivity contribution in [2.24, 2.45) is 0 Å². The largest absolute Gasteiger partial charge is 0.492 e. The molecule has 4 aromatic rings. The summed E-state index contributed by atoms with van der Waals surface area (Å²) in [5.74, 6) is 1.32. The second kappa shape index (κ2) is 11.2. The first-order valence-corrected chi connectivity index (χ1v) is 13.3. The summed E-state index contributed by atoms with van der Waals surface area (Å²) in [6, 6.07) is 21.1. The summed E-state index contributed by atoms with van der Waals surface area (Å²) in [5, 5.41) is 3.81. The molecule has 0 fully saturated rings. The topological polar surface area (TPSA) is 77.5 Å². The van der Waals surface area contributed by atoms with E-state index in [4.69, 9.17) is 32.7 Å². The highest BCUT2D eigenvalue weighted by molar-refractivity contribution is 9.10. The summed E-state index contributed by atoms with van der Waals surface area (Å²) >= 11 is 16.0. The van der Waals surface area contributed by atoms with Gasteiger partial charge in [0.15, 0.2) is 5.75 Å². The molecule has 1 N–H and O–H groups in total. The molecular weight excluding hydrogens is 591 g/mol. The molecule has 1 atom stereocenters. The molecule has 3 aromatic carbocycles. The Labute approximate surface area is 238 Å². The van der Waals surface area contributed by atoms with E-state index in [1.165, 1.54) is 0 Å². The van der Waals surface area contributed by atoms with Crippen LogP contribution in [0.25, 0.3) is 11.3 Å². The molecule has 1 amide bonds. The van der Waals surface area contributed by atoms with Gasteiger partial charge in [0.1, 0.15) is 27.6 Å². The molecule has 192 valence electrons. The van der Waals surface area contributed by atoms with Gasteiger partial charge in [-0.15, -0.1) is 0 Å². The van der Waals surface area contributed by atoms with Crippen molar-refractivity contribution in [1.82, 2.24) is 4.98 Å². The van der Waals surface area contributed by atoms with Gasteiger partial charge in [-0.25, -0.2) is 4.98 Å². The number of nitrogens with one attached hydrogen (secondary N) is 1. The molecule has 9 heteroatoms. The summed E-state index contributed by atoms with van der Waals surface area (Å²) in [7, 11) is 0. The van der Waals surface area contributed by atoms with E-state index in [9.17, 15) is 9.59 Å². The molecule has 2 heterocycles. The fourth-order valence-electron chi connectivity index (χ4n) is 4.22. The molecule has 1 aliphatic rings. The second-order valence-corrected chi connectivity index (χ2v) is 10.4. The molecule has 0 bridgehead atoms. The number of halogens is 3. The number of nitrogens with zero attached hydrogens (tertiary/aromatic N) is 1. The number of aromatic nitrogens is 1. The van der Waals surface area contributed by atoms with Crippen LogP contribution in [0, 0.1) is 0 Å². The quantitative estimate of drug-likeness (QED) is 0.237. The Morgan fingerprint density at radius 2 is 1.79 bits per heavy atom. The first kappa shape index (κ1) is 26.2. The Kier molecular flexibility index (Phi) is 7.70. The predicted molar refractivity (Wildman–Crippen MR) is 152 cm³/mol. The smallest absolute Gasteiger partial charge is 0.256 e. The molecule has 0 saturated heterocycles. The SMILES string of the molecule is CC(=O)C1CCOc2c1cc(Cl)c(Oc1ccc(C(=O)Nc3cccc(-c4ccc(Cl)cc4)n3)cc1)c2Br. The highest BCUT2D eigenvalue weighted by atomic mass is 79.9. The molecule has 5 rings (SSSR count). The zero-order valence-electron chi connectivity index (χ0n) is 20.1. The van der Waals surface area contributed by atoms with E-state index < -0.39 is 0 Å². The van der Waals surface area contributed by atoms with Gasteiger partial charge in [0.25, 0.3) is 5.91 Å². The molecule has 1 unspecified atom stereocenters. The monoisotopic (exact) mass is 610 g/mol. The normalized spacial score (nSPS) is 14.3. The molecule has 38 heavy (non-hydrogen) atoms. The van der Waals surface area contributed by atoms with Crippen molar-refractivity contribution in [3.63, 3.8) is 0 Å². The Morgan fingerprint density at radius 3 is 2.50 bits per heavy atom. The summed E-state index contributed by atoms with van der Waals surface area (Å²) < 4.78 is 12.4. The van der Waals surface area contributed by atoms with Gasteiger partial charge in [0.05, 0.1) is 17.3 Å². The second-order valence-electron chi connectivity index (χ2n) is 8.72. The number of anilines is 1. The van der Waals surface area contributed by atoms with Gasteiger partial charge >= 0.3 is 0 Å². The van der Waals surface area contributed by atoms with Crippen LogP contribution < -0.4 is 14.8 Å². The van der Waals surface area contributed by atoms with Crippen molar-refractivity contribution in [3.8, 4) is 28.5 Å². The minimum absolute atomic E-state index is 0.0620. The van der Waals surface area contributed by atoms with Crippen LogP contribution in [0.15, 0.2) is 77.3 Å². The molecule has 0 radical (unpaired) electrons. The third kappa shape index (κ3) is 5.55. The average Bonchev–Trinajstić information content (AvgIpc) is 2.91. The van der Waals surface area contributed by atoms with E-state index in [-0.39, 0.29) is 17.6 Å². The van der Waals surface area contributed by atoms with Gasteiger partial charge < -0.3 is 14.8 Å². The number of benzene rings is 3. The number of carbonyl (C=O) groups is 2. The highest BCUT2D eigenvalue weighted by Gasteiger charge is 2.30. The number of hydrogen-bond acceptors (Lipinski definition) is 5. The van der Waals surface area contributed by atoms with Crippen LogP contribution in [-0.4, -0.2) is 23.3 Å². The number of amides is 1. The van der Waals surface area contributed by atoms with E-state index >= 15 is 0 Å². The Hall–Kier alpha value is -3.39. The maximum Gasteiger partial charge on any atom is 0.256 e. The maximum absolute atomic E-state index is 12.8. The standard InChI is InChI=1S/C29H21BrCl2N2O4/c1-16(35)21-13-14-37-27-22(21)15-23(32)28(26(27)30)38-20-11-7-18(8-12-20)29(36)34-25-4-2-3-24(33-25)17-5-9-19(31)10-6-17/h2-12,15,21H,13-14H2,1H3,(H,33,34,36). The lowest BCUT2D eigenvalue weighted by Crippen LogP contribution is -2.20. The van der Waals surface area contributed by atoms with Crippen LogP contribution in [-0.2, 0) is 4.79 Å². The van der Waals surface area contributed by atoms with E-state index in [1.807, 2.05) is 24.3 Å². The lowest BCUT2D eigenvalue weighted by molar-refractivity contribution is -0.119. The number of ketones is 1. The number of pyridine rings is 1. The zero-order valence-corrected chi connectivity index (χ0v) is 23.2. The predicted octanol–water partition coefficient (Wildman–Crippen LogP) is 8.32. The van der Waals surface area contributed by atoms with Crippen LogP contribution >= 0.6 is 39.1 Å². The zero-order chi connectivity index (χ0) is 26.8. The molecule has 1 aromatic heterocycles. The van der Waals surface area contributed by atoms with Gasteiger partial charge in [-0.1, -0.05) is 41.4 Å². The average molecular weight is 612 g/mol. The van der Waals surface area contributed by atoms with Gasteiger partial charge in [0, 0.05) is 27.6 Å². The van der Waals surface area contributed by atoms with Gasteiger partial charge in [-0.05, 0) is 83.9 Å². The molecule has 0 saturated carbocycles. The van der Waals surface area contributed by atoms with Crippen LogP contribution in [0.5, 0.6) is 17.2 Å². The van der Waals surface area contributed by atoms with Gasteiger partial charge in [-0.3, -0.25) is 9.59 Å². The number of ether oxygens (including phenoxy) is 2. The van der Waals surface area contributed by atoms with Crippen molar-refractivity contribution in [2.75, 3.05) is 11.9 Å².